The van der Waals surface area contributed by atoms with Crippen molar-refractivity contribution in [3.05, 3.63) is 12.7 Å². The molecule has 7 heteroatoms. The number of allylic oxidation sites excluding steroid dienone is 1. The molecule has 0 saturated heterocycles. The molecule has 20 heavy (non-hydrogen) atoms. The summed E-state index contributed by atoms with van der Waals surface area (Å²) in [4.78, 5) is 13.5. The Morgan fingerprint density at radius 1 is 1.35 bits per heavy atom. The molecule has 2 N–H and O–H groups in total. The van der Waals surface area contributed by atoms with Crippen LogP contribution in [-0.2, 0) is 14.6 Å². The molecule has 120 valence electrons. The van der Waals surface area contributed by atoms with Crippen molar-refractivity contribution in [3.8, 4) is 0 Å². The zero-order valence-corrected chi connectivity index (χ0v) is 14.0. The molecule has 0 saturated carbocycles. The Morgan fingerprint density at radius 3 is 2.45 bits per heavy atom. The summed E-state index contributed by atoms with van der Waals surface area (Å²) >= 11 is 0. The van der Waals surface area contributed by atoms with E-state index in [1.54, 1.807) is 11.9 Å². The van der Waals surface area contributed by atoms with Crippen LogP contribution in [0.4, 0.5) is 0 Å². The summed E-state index contributed by atoms with van der Waals surface area (Å²) in [6.45, 7) is 4.31. The lowest BCUT2D eigenvalue weighted by molar-refractivity contribution is -0.131. The third-order valence-electron chi connectivity index (χ3n) is 2.89. The molecule has 0 fully saturated rings. The van der Waals surface area contributed by atoms with Gasteiger partial charge in [0.05, 0.1) is 11.8 Å². The monoisotopic (exact) mass is 326 g/mol. The van der Waals surface area contributed by atoms with Gasteiger partial charge in [0.15, 0.2) is 0 Å². The normalized spacial score (nSPS) is 12.3. The van der Waals surface area contributed by atoms with Crippen molar-refractivity contribution in [2.45, 2.75) is 38.1 Å². The number of carbonyl (C=O) groups is 1. The van der Waals surface area contributed by atoms with Gasteiger partial charge in [-0.1, -0.05) is 12.5 Å². The number of nitrogens with zero attached hydrogens (tertiary/aromatic N) is 1. The van der Waals surface area contributed by atoms with Crippen molar-refractivity contribution in [2.75, 3.05) is 25.6 Å². The summed E-state index contributed by atoms with van der Waals surface area (Å²) in [5, 5.41) is 0. The maximum atomic E-state index is 11.9. The molecule has 0 aliphatic heterocycles. The van der Waals surface area contributed by atoms with Gasteiger partial charge in [-0.05, 0) is 25.7 Å². The molecule has 0 bridgehead atoms. The van der Waals surface area contributed by atoms with Gasteiger partial charge in [0.1, 0.15) is 9.84 Å². The van der Waals surface area contributed by atoms with Gasteiger partial charge in [-0.25, -0.2) is 8.42 Å². The molecule has 0 spiro atoms. The summed E-state index contributed by atoms with van der Waals surface area (Å²) in [7, 11) is -1.36. The molecule has 1 amide bonds. The van der Waals surface area contributed by atoms with Gasteiger partial charge < -0.3 is 10.6 Å². The second kappa shape index (κ2) is 11.1. The summed E-state index contributed by atoms with van der Waals surface area (Å²) < 4.78 is 22.0. The molecule has 1 unspecified atom stereocenters. The Labute approximate surface area is 128 Å². The van der Waals surface area contributed by atoms with E-state index in [-0.39, 0.29) is 30.5 Å². The van der Waals surface area contributed by atoms with Crippen molar-refractivity contribution < 1.29 is 13.2 Å². The van der Waals surface area contributed by atoms with E-state index in [2.05, 4.69) is 6.58 Å². The summed E-state index contributed by atoms with van der Waals surface area (Å²) in [5.41, 5.74) is 5.71. The molecule has 0 aliphatic rings. The first-order valence-electron chi connectivity index (χ1n) is 6.57. The minimum Gasteiger partial charge on any atom is -0.344 e. The van der Waals surface area contributed by atoms with Gasteiger partial charge in [0, 0.05) is 19.8 Å². The average Bonchev–Trinajstić information content (AvgIpc) is 2.33. The quantitative estimate of drug-likeness (QED) is 0.486. The number of sulfone groups is 1. The fourth-order valence-corrected chi connectivity index (χ4v) is 2.35. The first-order valence-corrected chi connectivity index (χ1v) is 8.63. The van der Waals surface area contributed by atoms with Crippen molar-refractivity contribution in [1.29, 1.82) is 0 Å². The summed E-state index contributed by atoms with van der Waals surface area (Å²) in [5.74, 6) is -0.236. The van der Waals surface area contributed by atoms with Crippen LogP contribution in [0.2, 0.25) is 0 Å². The molecular weight excluding hydrogens is 300 g/mol. The third kappa shape index (κ3) is 11.3. The molecule has 0 radical (unpaired) electrons. The van der Waals surface area contributed by atoms with E-state index in [0.29, 0.717) is 6.54 Å². The van der Waals surface area contributed by atoms with Gasteiger partial charge in [-0.3, -0.25) is 4.79 Å². The molecule has 0 aromatic rings. The highest BCUT2D eigenvalue weighted by Gasteiger charge is 2.19. The largest absolute Gasteiger partial charge is 0.344 e. The SMILES string of the molecule is C=CCCCCCN(C)C(=O)C(N)CCS(C)(=O)=O.Cl. The van der Waals surface area contributed by atoms with E-state index in [4.69, 9.17) is 5.73 Å². The summed E-state index contributed by atoms with van der Waals surface area (Å²) in [6, 6.07) is -0.729. The maximum absolute atomic E-state index is 11.9. The van der Waals surface area contributed by atoms with Crippen LogP contribution in [0.25, 0.3) is 0 Å². The third-order valence-corrected chi connectivity index (χ3v) is 3.87. The molecule has 5 nitrogen and oxygen atoms in total. The van der Waals surface area contributed by atoms with E-state index in [1.807, 2.05) is 6.08 Å². The predicted octanol–water partition coefficient (Wildman–Crippen LogP) is 1.38. The number of likely N-dealkylation sites (N-methyl/N-ethyl adjacent to an activating group) is 1. The standard InChI is InChI=1S/C13H26N2O3S.ClH/c1-4-5-6-7-8-10-15(2)13(16)12(14)9-11-19(3,17)18;/h4,12H,1,5-11,14H2,2-3H3;1H. The highest BCUT2D eigenvalue weighted by molar-refractivity contribution is 7.90. The number of unbranched alkanes of at least 4 members (excludes halogenated alkanes) is 3. The number of hydrogen-bond donors (Lipinski definition) is 1. The number of halogens is 1. The van der Waals surface area contributed by atoms with E-state index in [0.717, 1.165) is 31.9 Å². The predicted molar refractivity (Wildman–Crippen MR) is 85.9 cm³/mol. The number of amides is 1. The fraction of sp³-hybridized carbons (Fsp3) is 0.769. The molecule has 0 aromatic heterocycles. The molecule has 0 heterocycles. The molecule has 1 atom stereocenters. The first-order chi connectivity index (χ1) is 8.78. The van der Waals surface area contributed by atoms with Crippen LogP contribution in [0, 0.1) is 0 Å². The van der Waals surface area contributed by atoms with Crippen LogP contribution >= 0.6 is 12.4 Å². The van der Waals surface area contributed by atoms with Gasteiger partial charge >= 0.3 is 0 Å². The molecule has 0 rings (SSSR count). The van der Waals surface area contributed by atoms with Gasteiger partial charge in [-0.2, -0.15) is 0 Å². The highest BCUT2D eigenvalue weighted by atomic mass is 35.5. The Hall–Kier alpha value is -0.590. The number of rotatable bonds is 10. The fourth-order valence-electron chi connectivity index (χ4n) is 1.67. The molecular formula is C13H27ClN2O3S. The highest BCUT2D eigenvalue weighted by Crippen LogP contribution is 2.03. The lowest BCUT2D eigenvalue weighted by atomic mass is 10.1. The van der Waals surface area contributed by atoms with Crippen LogP contribution < -0.4 is 5.73 Å². The average molecular weight is 327 g/mol. The zero-order valence-electron chi connectivity index (χ0n) is 12.4. The zero-order chi connectivity index (χ0) is 14.9. The second-order valence-electron chi connectivity index (χ2n) is 4.92. The van der Waals surface area contributed by atoms with E-state index < -0.39 is 15.9 Å². The van der Waals surface area contributed by atoms with Gasteiger partial charge in [0.25, 0.3) is 0 Å². The van der Waals surface area contributed by atoms with Gasteiger partial charge in [0.2, 0.25) is 5.91 Å². The van der Waals surface area contributed by atoms with E-state index in [1.165, 1.54) is 0 Å². The van der Waals surface area contributed by atoms with Crippen molar-refractivity contribution in [1.82, 2.24) is 4.90 Å². The Kier molecular flexibility index (Phi) is 12.1. The van der Waals surface area contributed by atoms with Crippen LogP contribution in [0.1, 0.15) is 32.1 Å². The lowest BCUT2D eigenvalue weighted by Crippen LogP contribution is -2.43. The van der Waals surface area contributed by atoms with Crippen molar-refractivity contribution in [2.24, 2.45) is 5.73 Å². The Bertz CT molecular complexity index is 385. The van der Waals surface area contributed by atoms with Crippen molar-refractivity contribution >= 4 is 28.2 Å². The van der Waals surface area contributed by atoms with Crippen LogP contribution in [0.5, 0.6) is 0 Å². The molecule has 0 aliphatic carbocycles. The van der Waals surface area contributed by atoms with Crippen molar-refractivity contribution in [3.63, 3.8) is 0 Å². The second-order valence-corrected chi connectivity index (χ2v) is 7.18. The van der Waals surface area contributed by atoms with E-state index >= 15 is 0 Å². The van der Waals surface area contributed by atoms with Crippen LogP contribution in [0.3, 0.4) is 0 Å². The first kappa shape index (κ1) is 21.7. The maximum Gasteiger partial charge on any atom is 0.239 e. The van der Waals surface area contributed by atoms with Crippen LogP contribution in [-0.4, -0.2) is 50.9 Å². The van der Waals surface area contributed by atoms with Crippen LogP contribution in [0.15, 0.2) is 12.7 Å². The Balaban J connectivity index is 0. The topological polar surface area (TPSA) is 80.5 Å². The molecule has 0 aromatic carbocycles. The number of nitrogens with two attached hydrogens (primary N) is 1. The minimum absolute atomic E-state index is 0. The summed E-state index contributed by atoms with van der Waals surface area (Å²) in [6.07, 6.45) is 7.25. The Morgan fingerprint density at radius 2 is 1.95 bits per heavy atom. The minimum atomic E-state index is -3.07. The number of carbonyl (C=O) groups excluding carboxylic acids is 1. The number of hydrogen-bond acceptors (Lipinski definition) is 4. The lowest BCUT2D eigenvalue weighted by Gasteiger charge is -2.21. The van der Waals surface area contributed by atoms with Gasteiger partial charge in [-0.15, -0.1) is 19.0 Å². The smallest absolute Gasteiger partial charge is 0.239 e. The van der Waals surface area contributed by atoms with E-state index in [9.17, 15) is 13.2 Å².